The summed E-state index contributed by atoms with van der Waals surface area (Å²) in [5.41, 5.74) is 3.02. The molecule has 0 saturated heterocycles. The first-order valence-electron chi connectivity index (χ1n) is 7.21. The third kappa shape index (κ3) is 2.93. The van der Waals surface area contributed by atoms with Gasteiger partial charge in [0.25, 0.3) is 5.91 Å². The quantitative estimate of drug-likeness (QED) is 0.892. The van der Waals surface area contributed by atoms with Crippen LogP contribution in [0.2, 0.25) is 0 Å². The number of aromatic nitrogens is 1. The van der Waals surface area contributed by atoms with Crippen molar-refractivity contribution < 1.29 is 4.79 Å². The van der Waals surface area contributed by atoms with Gasteiger partial charge in [-0.3, -0.25) is 4.79 Å². The minimum absolute atomic E-state index is 0.0689. The predicted molar refractivity (Wildman–Crippen MR) is 81.5 cm³/mol. The maximum absolute atomic E-state index is 12.0. The fraction of sp³-hybridized carbons (Fsp3) is 0.600. The zero-order valence-electron chi connectivity index (χ0n) is 12.9. The molecule has 0 unspecified atom stereocenters. The first-order chi connectivity index (χ1) is 9.56. The molecule has 0 atom stereocenters. The second-order valence-corrected chi connectivity index (χ2v) is 5.37. The second kappa shape index (κ2) is 6.22. The van der Waals surface area contributed by atoms with Crippen LogP contribution in [0.4, 0.5) is 5.82 Å². The molecule has 2 heterocycles. The minimum Gasteiger partial charge on any atom is -0.362 e. The fourth-order valence-electron chi connectivity index (χ4n) is 2.63. The lowest BCUT2D eigenvalue weighted by Crippen LogP contribution is -2.25. The molecule has 0 saturated carbocycles. The Kier molecular flexibility index (Phi) is 4.60. The van der Waals surface area contributed by atoms with Gasteiger partial charge in [0.05, 0.1) is 5.56 Å². The van der Waals surface area contributed by atoms with E-state index in [0.29, 0.717) is 5.56 Å². The van der Waals surface area contributed by atoms with Crippen molar-refractivity contribution >= 4 is 11.7 Å². The van der Waals surface area contributed by atoms with Gasteiger partial charge in [0.15, 0.2) is 0 Å². The molecule has 1 amide bonds. The lowest BCUT2D eigenvalue weighted by atomic mass is 10.0. The smallest absolute Gasteiger partial charge is 0.254 e. The number of amides is 1. The SMILES string of the molecule is CCN1CCc2cc(C(=O)NC)c(N(C)C)nc2CC1. The van der Waals surface area contributed by atoms with Crippen LogP contribution in [0.1, 0.15) is 28.5 Å². The Morgan fingerprint density at radius 2 is 2.10 bits per heavy atom. The molecule has 1 N–H and O–H groups in total. The summed E-state index contributed by atoms with van der Waals surface area (Å²) in [5, 5.41) is 2.70. The minimum atomic E-state index is -0.0689. The van der Waals surface area contributed by atoms with E-state index in [9.17, 15) is 4.79 Å². The maximum atomic E-state index is 12.0. The van der Waals surface area contributed by atoms with Crippen molar-refractivity contribution in [3.63, 3.8) is 0 Å². The number of carbonyl (C=O) groups excluding carboxylic acids is 1. The summed E-state index contributed by atoms with van der Waals surface area (Å²) in [6.07, 6.45) is 1.92. The number of nitrogens with zero attached hydrogens (tertiary/aromatic N) is 3. The predicted octanol–water partition coefficient (Wildman–Crippen LogP) is 0.928. The van der Waals surface area contributed by atoms with Crippen LogP contribution < -0.4 is 10.2 Å². The number of pyridine rings is 1. The molecule has 0 aromatic carbocycles. The molecule has 0 bridgehead atoms. The summed E-state index contributed by atoms with van der Waals surface area (Å²) in [6, 6.07) is 2.02. The van der Waals surface area contributed by atoms with Crippen molar-refractivity contribution in [1.82, 2.24) is 15.2 Å². The topological polar surface area (TPSA) is 48.5 Å². The number of nitrogens with one attached hydrogen (secondary N) is 1. The molecule has 5 nitrogen and oxygen atoms in total. The van der Waals surface area contributed by atoms with Crippen LogP contribution in [0.5, 0.6) is 0 Å². The van der Waals surface area contributed by atoms with Crippen molar-refractivity contribution in [2.75, 3.05) is 45.7 Å². The Bertz CT molecular complexity index is 499. The Hall–Kier alpha value is -1.62. The van der Waals surface area contributed by atoms with E-state index in [1.807, 2.05) is 25.1 Å². The van der Waals surface area contributed by atoms with E-state index >= 15 is 0 Å². The maximum Gasteiger partial charge on any atom is 0.254 e. The van der Waals surface area contributed by atoms with Gasteiger partial charge in [-0.15, -0.1) is 0 Å². The highest BCUT2D eigenvalue weighted by Gasteiger charge is 2.20. The van der Waals surface area contributed by atoms with Crippen LogP contribution in [0.3, 0.4) is 0 Å². The second-order valence-electron chi connectivity index (χ2n) is 5.37. The van der Waals surface area contributed by atoms with E-state index in [1.54, 1.807) is 7.05 Å². The van der Waals surface area contributed by atoms with Gasteiger partial charge in [-0.1, -0.05) is 6.92 Å². The largest absolute Gasteiger partial charge is 0.362 e. The van der Waals surface area contributed by atoms with Crippen molar-refractivity contribution in [2.24, 2.45) is 0 Å². The summed E-state index contributed by atoms with van der Waals surface area (Å²) < 4.78 is 0. The highest BCUT2D eigenvalue weighted by molar-refractivity contribution is 5.99. The van der Waals surface area contributed by atoms with Crippen molar-refractivity contribution in [3.8, 4) is 0 Å². The number of rotatable bonds is 3. The molecule has 0 fully saturated rings. The summed E-state index contributed by atoms with van der Waals surface area (Å²) in [6.45, 7) is 5.34. The number of carbonyl (C=O) groups is 1. The summed E-state index contributed by atoms with van der Waals surface area (Å²) >= 11 is 0. The molecule has 20 heavy (non-hydrogen) atoms. The third-order valence-corrected chi connectivity index (χ3v) is 3.88. The summed E-state index contributed by atoms with van der Waals surface area (Å²) in [5.74, 6) is 0.689. The Labute approximate surface area is 121 Å². The average Bonchev–Trinajstić information content (AvgIpc) is 2.66. The molecule has 1 aliphatic rings. The summed E-state index contributed by atoms with van der Waals surface area (Å²) in [4.78, 5) is 21.1. The van der Waals surface area contributed by atoms with Crippen LogP contribution in [-0.2, 0) is 12.8 Å². The van der Waals surface area contributed by atoms with Crippen LogP contribution in [0.15, 0.2) is 6.07 Å². The first-order valence-corrected chi connectivity index (χ1v) is 7.21. The normalized spacial score (nSPS) is 15.4. The van der Waals surface area contributed by atoms with Crippen molar-refractivity contribution in [2.45, 2.75) is 19.8 Å². The van der Waals surface area contributed by atoms with E-state index in [-0.39, 0.29) is 5.91 Å². The van der Waals surface area contributed by atoms with E-state index in [0.717, 1.165) is 44.0 Å². The van der Waals surface area contributed by atoms with E-state index in [2.05, 4.69) is 17.1 Å². The van der Waals surface area contributed by atoms with Gasteiger partial charge in [-0.25, -0.2) is 4.98 Å². The van der Waals surface area contributed by atoms with Crippen LogP contribution in [0.25, 0.3) is 0 Å². The monoisotopic (exact) mass is 276 g/mol. The first kappa shape index (κ1) is 14.8. The molecule has 0 radical (unpaired) electrons. The number of hydrogen-bond acceptors (Lipinski definition) is 4. The van der Waals surface area contributed by atoms with Gasteiger partial charge in [-0.05, 0) is 24.6 Å². The molecule has 5 heteroatoms. The summed E-state index contributed by atoms with van der Waals surface area (Å²) in [7, 11) is 5.51. The van der Waals surface area contributed by atoms with E-state index in [1.165, 1.54) is 5.56 Å². The number of likely N-dealkylation sites (N-methyl/N-ethyl adjacent to an activating group) is 1. The van der Waals surface area contributed by atoms with Crippen molar-refractivity contribution in [3.05, 3.63) is 22.9 Å². The van der Waals surface area contributed by atoms with Crippen molar-refractivity contribution in [1.29, 1.82) is 0 Å². The molecule has 0 aliphatic carbocycles. The van der Waals surface area contributed by atoms with Crippen LogP contribution in [-0.4, -0.2) is 56.6 Å². The number of hydrogen-bond donors (Lipinski definition) is 1. The van der Waals surface area contributed by atoms with Gasteiger partial charge in [0, 0.05) is 46.3 Å². The molecule has 2 rings (SSSR count). The van der Waals surface area contributed by atoms with E-state index in [4.69, 9.17) is 4.98 Å². The van der Waals surface area contributed by atoms with Crippen LogP contribution >= 0.6 is 0 Å². The molecular weight excluding hydrogens is 252 g/mol. The molecule has 110 valence electrons. The Morgan fingerprint density at radius 3 is 2.70 bits per heavy atom. The Morgan fingerprint density at radius 1 is 1.40 bits per heavy atom. The lowest BCUT2D eigenvalue weighted by Gasteiger charge is -2.18. The van der Waals surface area contributed by atoms with Gasteiger partial charge < -0.3 is 15.1 Å². The van der Waals surface area contributed by atoms with Gasteiger partial charge in [-0.2, -0.15) is 0 Å². The highest BCUT2D eigenvalue weighted by atomic mass is 16.1. The molecular formula is C15H24N4O. The standard InChI is InChI=1S/C15H24N4O/c1-5-19-8-6-11-10-12(15(20)16-2)14(18(3)4)17-13(11)7-9-19/h10H,5-9H2,1-4H3,(H,16,20). The molecule has 0 spiro atoms. The highest BCUT2D eigenvalue weighted by Crippen LogP contribution is 2.23. The van der Waals surface area contributed by atoms with Gasteiger partial charge >= 0.3 is 0 Å². The molecule has 1 aromatic heterocycles. The Balaban J connectivity index is 2.42. The average molecular weight is 276 g/mol. The van der Waals surface area contributed by atoms with E-state index < -0.39 is 0 Å². The molecule has 1 aromatic rings. The van der Waals surface area contributed by atoms with Gasteiger partial charge in [0.2, 0.25) is 0 Å². The third-order valence-electron chi connectivity index (χ3n) is 3.88. The van der Waals surface area contributed by atoms with Gasteiger partial charge in [0.1, 0.15) is 5.82 Å². The van der Waals surface area contributed by atoms with Crippen LogP contribution in [0, 0.1) is 0 Å². The lowest BCUT2D eigenvalue weighted by molar-refractivity contribution is 0.0963. The zero-order chi connectivity index (χ0) is 14.7. The fourth-order valence-corrected chi connectivity index (χ4v) is 2.63. The molecule has 1 aliphatic heterocycles. The number of fused-ring (bicyclic) bond motifs is 1. The number of anilines is 1. The zero-order valence-corrected chi connectivity index (χ0v) is 12.9.